The van der Waals surface area contributed by atoms with Crippen LogP contribution in [0.3, 0.4) is 0 Å². The lowest BCUT2D eigenvalue weighted by Crippen LogP contribution is -2.42. The summed E-state index contributed by atoms with van der Waals surface area (Å²) in [5, 5.41) is 16.3. The van der Waals surface area contributed by atoms with Gasteiger partial charge in [0.1, 0.15) is 12.7 Å². The van der Waals surface area contributed by atoms with Crippen LogP contribution < -0.4 is 11.1 Å². The minimum atomic E-state index is -4.45. The van der Waals surface area contributed by atoms with Crippen LogP contribution in [-0.2, 0) is 11.0 Å². The summed E-state index contributed by atoms with van der Waals surface area (Å²) in [7, 11) is 0. The number of β-amino-alcohol motifs (C(OH)–C–C–N with tert-alkyl or cyclic N) is 1. The molecule has 4 N–H and O–H groups in total. The minimum absolute atomic E-state index is 0. The zero-order chi connectivity index (χ0) is 17.7. The molecular formula is C15H23ClF3N3O2. The molecule has 24 heavy (non-hydrogen) atoms. The lowest BCUT2D eigenvalue weighted by Gasteiger charge is -2.22. The summed E-state index contributed by atoms with van der Waals surface area (Å²) in [6.07, 6.45) is -5.27. The van der Waals surface area contributed by atoms with E-state index in [9.17, 15) is 18.3 Å². The maximum absolute atomic E-state index is 12.6. The molecule has 0 aliphatic rings. The van der Waals surface area contributed by atoms with Crippen molar-refractivity contribution in [1.29, 1.82) is 0 Å². The first-order valence-corrected chi connectivity index (χ1v) is 7.05. The molecule has 1 rings (SSSR count). The number of aliphatic hydroxyl groups is 1. The molecule has 0 saturated heterocycles. The first-order valence-electron chi connectivity index (χ1n) is 7.05. The quantitative estimate of drug-likeness (QED) is 0.409. The summed E-state index contributed by atoms with van der Waals surface area (Å²) in [4.78, 5) is 4.89. The minimum Gasteiger partial charge on any atom is -0.391 e. The number of amidine groups is 1. The zero-order valence-corrected chi connectivity index (χ0v) is 14.5. The van der Waals surface area contributed by atoms with E-state index in [1.165, 1.54) is 12.1 Å². The van der Waals surface area contributed by atoms with Gasteiger partial charge in [-0.1, -0.05) is 17.3 Å². The Kier molecular flexibility index (Phi) is 8.53. The molecule has 0 fully saturated rings. The van der Waals surface area contributed by atoms with E-state index in [0.717, 1.165) is 12.1 Å². The largest absolute Gasteiger partial charge is 0.416 e. The Bertz CT molecular complexity index is 546. The van der Waals surface area contributed by atoms with E-state index < -0.39 is 17.8 Å². The number of halogens is 4. The fourth-order valence-electron chi connectivity index (χ4n) is 1.58. The summed E-state index contributed by atoms with van der Waals surface area (Å²) < 4.78 is 37.9. The fourth-order valence-corrected chi connectivity index (χ4v) is 1.58. The first kappa shape index (κ1) is 22.5. The number of benzene rings is 1. The maximum atomic E-state index is 12.6. The topological polar surface area (TPSA) is 79.9 Å². The molecule has 138 valence electrons. The van der Waals surface area contributed by atoms with Gasteiger partial charge in [-0.05, 0) is 32.9 Å². The van der Waals surface area contributed by atoms with E-state index in [1.54, 1.807) is 0 Å². The standard InChI is InChI=1S/C15H22F3N3O2.ClH/c1-14(2,3)20-8-12(22)9-23-21-13(19)10-5-4-6-11(7-10)15(16,17)18;/h4-7,12,20,22H,8-9H2,1-3H3,(H2,19,21);1H. The molecule has 1 aromatic rings. The Labute approximate surface area is 145 Å². The molecular weight excluding hydrogens is 347 g/mol. The van der Waals surface area contributed by atoms with Crippen LogP contribution in [0.4, 0.5) is 13.2 Å². The predicted octanol–water partition coefficient (Wildman–Crippen LogP) is 2.51. The van der Waals surface area contributed by atoms with Crippen LogP contribution in [0.25, 0.3) is 0 Å². The molecule has 0 bridgehead atoms. The lowest BCUT2D eigenvalue weighted by molar-refractivity contribution is -0.137. The van der Waals surface area contributed by atoms with Crippen molar-refractivity contribution in [2.75, 3.05) is 13.2 Å². The van der Waals surface area contributed by atoms with Gasteiger partial charge < -0.3 is 21.0 Å². The highest BCUT2D eigenvalue weighted by Gasteiger charge is 2.30. The number of hydrogen-bond acceptors (Lipinski definition) is 4. The molecule has 0 aliphatic heterocycles. The number of aliphatic hydroxyl groups excluding tert-OH is 1. The average molecular weight is 370 g/mol. The van der Waals surface area contributed by atoms with E-state index in [2.05, 4.69) is 10.5 Å². The Hall–Kier alpha value is -1.51. The van der Waals surface area contributed by atoms with Crippen molar-refractivity contribution >= 4 is 18.2 Å². The second-order valence-corrected chi connectivity index (χ2v) is 6.14. The molecule has 0 spiro atoms. The monoisotopic (exact) mass is 369 g/mol. The van der Waals surface area contributed by atoms with Crippen LogP contribution in [0, 0.1) is 0 Å². The molecule has 1 atom stereocenters. The van der Waals surface area contributed by atoms with Crippen molar-refractivity contribution in [3.8, 4) is 0 Å². The third kappa shape index (κ3) is 8.37. The highest BCUT2D eigenvalue weighted by molar-refractivity contribution is 5.97. The first-order chi connectivity index (χ1) is 10.5. The van der Waals surface area contributed by atoms with E-state index in [1.807, 2.05) is 20.8 Å². The summed E-state index contributed by atoms with van der Waals surface area (Å²) in [6.45, 7) is 6.02. The van der Waals surface area contributed by atoms with Crippen LogP contribution in [-0.4, -0.2) is 35.7 Å². The Morgan fingerprint density at radius 1 is 1.33 bits per heavy atom. The molecule has 5 nitrogen and oxygen atoms in total. The average Bonchev–Trinajstić information content (AvgIpc) is 2.43. The number of nitrogens with two attached hydrogens (primary N) is 1. The van der Waals surface area contributed by atoms with Crippen molar-refractivity contribution in [1.82, 2.24) is 5.32 Å². The zero-order valence-electron chi connectivity index (χ0n) is 13.7. The van der Waals surface area contributed by atoms with E-state index in [0.29, 0.717) is 6.54 Å². The molecule has 0 amide bonds. The smallest absolute Gasteiger partial charge is 0.391 e. The van der Waals surface area contributed by atoms with Gasteiger partial charge in [0.25, 0.3) is 0 Å². The molecule has 0 saturated carbocycles. The SMILES string of the molecule is CC(C)(C)NCC(O)CO/N=C(\N)c1cccc(C(F)(F)F)c1.Cl. The number of nitrogens with zero attached hydrogens (tertiary/aromatic N) is 1. The van der Waals surface area contributed by atoms with Gasteiger partial charge in [0.2, 0.25) is 0 Å². The van der Waals surface area contributed by atoms with Gasteiger partial charge in [0.15, 0.2) is 5.84 Å². The van der Waals surface area contributed by atoms with Gasteiger partial charge in [0.05, 0.1) is 5.56 Å². The van der Waals surface area contributed by atoms with Gasteiger partial charge in [-0.3, -0.25) is 0 Å². The molecule has 1 aromatic carbocycles. The molecule has 9 heteroatoms. The van der Waals surface area contributed by atoms with Crippen molar-refractivity contribution in [3.05, 3.63) is 35.4 Å². The predicted molar refractivity (Wildman–Crippen MR) is 89.1 cm³/mol. The third-order valence-electron chi connectivity index (χ3n) is 2.78. The van der Waals surface area contributed by atoms with Gasteiger partial charge in [-0.25, -0.2) is 0 Å². The van der Waals surface area contributed by atoms with Crippen LogP contribution in [0.2, 0.25) is 0 Å². The molecule has 1 unspecified atom stereocenters. The van der Waals surface area contributed by atoms with Crippen molar-refractivity contribution in [2.24, 2.45) is 10.9 Å². The van der Waals surface area contributed by atoms with Crippen LogP contribution in [0.5, 0.6) is 0 Å². The summed E-state index contributed by atoms with van der Waals surface area (Å²) in [6, 6.07) is 4.47. The van der Waals surface area contributed by atoms with Gasteiger partial charge >= 0.3 is 6.18 Å². The summed E-state index contributed by atoms with van der Waals surface area (Å²) in [5.41, 5.74) is 4.73. The fraction of sp³-hybridized carbons (Fsp3) is 0.533. The van der Waals surface area contributed by atoms with E-state index in [-0.39, 0.29) is 36.0 Å². The highest BCUT2D eigenvalue weighted by atomic mass is 35.5. The van der Waals surface area contributed by atoms with Crippen molar-refractivity contribution in [3.63, 3.8) is 0 Å². The van der Waals surface area contributed by atoms with Crippen molar-refractivity contribution < 1.29 is 23.1 Å². The van der Waals surface area contributed by atoms with Crippen molar-refractivity contribution in [2.45, 2.75) is 38.6 Å². The number of oxime groups is 1. The summed E-state index contributed by atoms with van der Waals surface area (Å²) >= 11 is 0. The van der Waals surface area contributed by atoms with E-state index >= 15 is 0 Å². The van der Waals surface area contributed by atoms with Gasteiger partial charge in [-0.15, -0.1) is 12.4 Å². The molecule has 0 heterocycles. The second-order valence-electron chi connectivity index (χ2n) is 6.14. The number of nitrogens with one attached hydrogen (secondary N) is 1. The maximum Gasteiger partial charge on any atom is 0.416 e. The van der Waals surface area contributed by atoms with Gasteiger partial charge in [0, 0.05) is 17.6 Å². The Balaban J connectivity index is 0.00000529. The Morgan fingerprint density at radius 3 is 2.50 bits per heavy atom. The third-order valence-corrected chi connectivity index (χ3v) is 2.78. The van der Waals surface area contributed by atoms with Crippen LogP contribution in [0.1, 0.15) is 31.9 Å². The summed E-state index contributed by atoms with van der Waals surface area (Å²) in [5.74, 6) is -0.188. The highest BCUT2D eigenvalue weighted by Crippen LogP contribution is 2.29. The van der Waals surface area contributed by atoms with Crippen LogP contribution >= 0.6 is 12.4 Å². The number of alkyl halides is 3. The second kappa shape index (κ2) is 9.10. The molecule has 0 radical (unpaired) electrons. The lowest BCUT2D eigenvalue weighted by atomic mass is 10.1. The van der Waals surface area contributed by atoms with Gasteiger partial charge in [-0.2, -0.15) is 13.2 Å². The Morgan fingerprint density at radius 2 is 1.96 bits per heavy atom. The number of hydrogen-bond donors (Lipinski definition) is 3. The molecule has 0 aliphatic carbocycles. The van der Waals surface area contributed by atoms with E-state index in [4.69, 9.17) is 10.6 Å². The normalized spacial score (nSPS) is 14.0. The van der Waals surface area contributed by atoms with Crippen LogP contribution in [0.15, 0.2) is 29.4 Å². The molecule has 0 aromatic heterocycles. The number of rotatable bonds is 6.